The molecule has 252 valence electrons. The largest absolute Gasteiger partial charge is 0.459 e. The molecule has 0 aromatic heterocycles. The predicted octanol–water partition coefficient (Wildman–Crippen LogP) is 4.30. The van der Waals surface area contributed by atoms with Gasteiger partial charge in [-0.15, -0.1) is 0 Å². The molecule has 12 heteroatoms. The topological polar surface area (TPSA) is 158 Å². The third kappa shape index (κ3) is 7.66. The monoisotopic (exact) mass is 676 g/mol. The van der Waals surface area contributed by atoms with Crippen molar-refractivity contribution in [1.29, 1.82) is 0 Å². The van der Waals surface area contributed by atoms with Gasteiger partial charge in [-0.05, 0) is 48.5 Å². The van der Waals surface area contributed by atoms with Crippen LogP contribution >= 0.6 is 0 Å². The van der Waals surface area contributed by atoms with Crippen LogP contribution in [0.3, 0.4) is 0 Å². The molecule has 2 aliphatic heterocycles. The third-order valence-corrected chi connectivity index (χ3v) is 7.79. The molecule has 0 N–H and O–H groups in total. The number of hydrogen-bond donors (Lipinski definition) is 0. The first-order chi connectivity index (χ1) is 24.3. The van der Waals surface area contributed by atoms with Crippen molar-refractivity contribution in [3.8, 4) is 0 Å². The molecule has 4 aromatic carbocycles. The lowest BCUT2D eigenvalue weighted by molar-refractivity contribution is -0.220. The minimum absolute atomic E-state index is 0.0928. The lowest BCUT2D eigenvalue weighted by Gasteiger charge is -2.44. The standard InChI is InChI=1S/C38H28O12/c39-29-21-27(38(44)47-29)30-32(49-36(42)25-17-9-3-10-18-25)33(50-37(43)26-19-11-4-12-20-26)31(48-35(41)24-15-7-2-8-16-24)28(46-30)22-45-34(40)23-13-5-1-6-14-23/h1-21,28,30-33H,22H2/t28-,30?,31-,32+,33+/m1/s1. The van der Waals surface area contributed by atoms with E-state index in [0.29, 0.717) is 0 Å². The molecule has 2 aliphatic rings. The molecule has 4 aromatic rings. The second-order valence-electron chi connectivity index (χ2n) is 11.1. The van der Waals surface area contributed by atoms with Crippen molar-refractivity contribution in [3.05, 3.63) is 155 Å². The Morgan fingerprint density at radius 1 is 0.520 bits per heavy atom. The minimum atomic E-state index is -1.70. The second kappa shape index (κ2) is 15.2. The van der Waals surface area contributed by atoms with E-state index in [9.17, 15) is 28.8 Å². The van der Waals surface area contributed by atoms with Gasteiger partial charge in [0, 0.05) is 6.08 Å². The molecule has 0 saturated carbocycles. The first-order valence-corrected chi connectivity index (χ1v) is 15.4. The van der Waals surface area contributed by atoms with Crippen molar-refractivity contribution >= 4 is 35.8 Å². The summed E-state index contributed by atoms with van der Waals surface area (Å²) in [4.78, 5) is 78.8. The molecular formula is C38H28O12. The normalized spacial score (nSPS) is 21.3. The van der Waals surface area contributed by atoms with Gasteiger partial charge in [0.1, 0.15) is 18.8 Å². The van der Waals surface area contributed by atoms with E-state index < -0.39 is 72.9 Å². The van der Waals surface area contributed by atoms with Gasteiger partial charge in [-0.3, -0.25) is 0 Å². The van der Waals surface area contributed by atoms with Crippen molar-refractivity contribution in [3.63, 3.8) is 0 Å². The summed E-state index contributed by atoms with van der Waals surface area (Å²) in [5.74, 6) is -5.57. The Morgan fingerprint density at radius 2 is 0.920 bits per heavy atom. The number of esters is 6. The maximum atomic E-state index is 13.6. The van der Waals surface area contributed by atoms with E-state index in [1.807, 2.05) is 0 Å². The van der Waals surface area contributed by atoms with Crippen LogP contribution < -0.4 is 0 Å². The van der Waals surface area contributed by atoms with E-state index in [1.165, 1.54) is 48.5 Å². The van der Waals surface area contributed by atoms with Gasteiger partial charge in [-0.1, -0.05) is 72.8 Å². The van der Waals surface area contributed by atoms with Crippen LogP contribution in [0, 0.1) is 0 Å². The van der Waals surface area contributed by atoms with Crippen molar-refractivity contribution in [2.45, 2.75) is 30.5 Å². The molecule has 0 radical (unpaired) electrons. The van der Waals surface area contributed by atoms with Crippen molar-refractivity contribution in [2.24, 2.45) is 0 Å². The van der Waals surface area contributed by atoms with E-state index in [-0.39, 0.29) is 27.8 Å². The fraction of sp³-hybridized carbons (Fsp3) is 0.158. The smallest absolute Gasteiger partial charge is 0.344 e. The Labute approximate surface area is 285 Å². The second-order valence-corrected chi connectivity index (χ2v) is 11.1. The minimum Gasteiger partial charge on any atom is -0.459 e. The molecule has 0 spiro atoms. The van der Waals surface area contributed by atoms with Gasteiger partial charge in [0.15, 0.2) is 18.3 Å². The van der Waals surface area contributed by atoms with Gasteiger partial charge in [0.25, 0.3) is 0 Å². The van der Waals surface area contributed by atoms with Crippen molar-refractivity contribution < 1.29 is 57.2 Å². The number of carbonyl (C=O) groups is 6. The van der Waals surface area contributed by atoms with Crippen LogP contribution in [0.4, 0.5) is 0 Å². The number of hydrogen-bond acceptors (Lipinski definition) is 12. The van der Waals surface area contributed by atoms with Crippen LogP contribution in [-0.2, 0) is 38.0 Å². The van der Waals surface area contributed by atoms with E-state index >= 15 is 0 Å². The number of ether oxygens (including phenoxy) is 6. The Kier molecular flexibility index (Phi) is 10.2. The van der Waals surface area contributed by atoms with Crippen LogP contribution in [-0.4, -0.2) is 72.9 Å². The van der Waals surface area contributed by atoms with Gasteiger partial charge in [0.2, 0.25) is 0 Å². The zero-order valence-corrected chi connectivity index (χ0v) is 26.1. The molecule has 12 nitrogen and oxygen atoms in total. The molecule has 50 heavy (non-hydrogen) atoms. The molecule has 6 rings (SSSR count). The molecule has 1 saturated heterocycles. The average Bonchev–Trinajstić information content (AvgIpc) is 3.50. The zero-order valence-electron chi connectivity index (χ0n) is 26.1. The predicted molar refractivity (Wildman–Crippen MR) is 172 cm³/mol. The van der Waals surface area contributed by atoms with Crippen LogP contribution in [0.1, 0.15) is 41.4 Å². The van der Waals surface area contributed by atoms with Crippen LogP contribution in [0.25, 0.3) is 0 Å². The first-order valence-electron chi connectivity index (χ1n) is 15.4. The highest BCUT2D eigenvalue weighted by atomic mass is 16.7. The molecule has 0 amide bonds. The third-order valence-electron chi connectivity index (χ3n) is 7.79. The van der Waals surface area contributed by atoms with E-state index in [4.69, 9.17) is 28.4 Å². The Balaban J connectivity index is 1.44. The average molecular weight is 677 g/mol. The summed E-state index contributed by atoms with van der Waals surface area (Å²) >= 11 is 0. The van der Waals surface area contributed by atoms with Crippen molar-refractivity contribution in [2.75, 3.05) is 6.61 Å². The molecule has 5 atom stereocenters. The summed E-state index contributed by atoms with van der Waals surface area (Å²) in [6, 6.07) is 31.5. The summed E-state index contributed by atoms with van der Waals surface area (Å²) in [5.41, 5.74) is 0.142. The molecule has 1 fully saturated rings. The maximum absolute atomic E-state index is 13.6. The number of rotatable bonds is 10. The molecule has 0 bridgehead atoms. The first kappa shape index (κ1) is 33.5. The lowest BCUT2D eigenvalue weighted by Crippen LogP contribution is -2.63. The number of benzene rings is 4. The fourth-order valence-electron chi connectivity index (χ4n) is 5.38. The van der Waals surface area contributed by atoms with Crippen LogP contribution in [0.2, 0.25) is 0 Å². The summed E-state index contributed by atoms with van der Waals surface area (Å²) < 4.78 is 34.3. The fourth-order valence-corrected chi connectivity index (χ4v) is 5.38. The summed E-state index contributed by atoms with van der Waals surface area (Å²) in [7, 11) is 0. The summed E-state index contributed by atoms with van der Waals surface area (Å²) in [6.45, 7) is -0.591. The van der Waals surface area contributed by atoms with E-state index in [1.54, 1.807) is 72.8 Å². The quantitative estimate of drug-likeness (QED) is 0.133. The molecule has 0 aliphatic carbocycles. The van der Waals surface area contributed by atoms with Gasteiger partial charge in [-0.25, -0.2) is 28.8 Å². The zero-order chi connectivity index (χ0) is 35.0. The number of cyclic esters (lactones) is 2. The molecular weight excluding hydrogens is 648 g/mol. The molecule has 2 heterocycles. The van der Waals surface area contributed by atoms with Gasteiger partial charge < -0.3 is 28.4 Å². The Morgan fingerprint density at radius 3 is 1.34 bits per heavy atom. The van der Waals surface area contributed by atoms with Gasteiger partial charge in [0.05, 0.1) is 27.8 Å². The van der Waals surface area contributed by atoms with Gasteiger partial charge in [-0.2, -0.15) is 0 Å². The lowest BCUT2D eigenvalue weighted by atomic mass is 9.90. The Bertz CT molecular complexity index is 1910. The highest BCUT2D eigenvalue weighted by Gasteiger charge is 2.56. The maximum Gasteiger partial charge on any atom is 0.344 e. The SMILES string of the molecule is O=C1C=C(C2O[C@H](COC(=O)c3ccccc3)[C@@H](OC(=O)c3ccccc3)[C@H](OC(=O)c3ccccc3)[C@H]2OC(=O)c2ccccc2)C(=O)O1. The summed E-state index contributed by atoms with van der Waals surface area (Å²) in [6.07, 6.45) is -7.19. The van der Waals surface area contributed by atoms with E-state index in [0.717, 1.165) is 6.08 Å². The van der Waals surface area contributed by atoms with Crippen LogP contribution in [0.5, 0.6) is 0 Å². The summed E-state index contributed by atoms with van der Waals surface area (Å²) in [5, 5.41) is 0. The molecule has 1 unspecified atom stereocenters. The highest BCUT2D eigenvalue weighted by molar-refractivity contribution is 6.09. The number of carbonyl (C=O) groups excluding carboxylic acids is 6. The van der Waals surface area contributed by atoms with Crippen LogP contribution in [0.15, 0.2) is 133 Å². The Hall–Kier alpha value is -6.40. The van der Waals surface area contributed by atoms with Crippen molar-refractivity contribution in [1.82, 2.24) is 0 Å². The highest BCUT2D eigenvalue weighted by Crippen LogP contribution is 2.35. The van der Waals surface area contributed by atoms with Gasteiger partial charge >= 0.3 is 35.8 Å². The van der Waals surface area contributed by atoms with E-state index in [2.05, 4.69) is 0 Å².